The van der Waals surface area contributed by atoms with Crippen LogP contribution in [0.5, 0.6) is 0 Å². The lowest BCUT2D eigenvalue weighted by Crippen LogP contribution is -2.44. The van der Waals surface area contributed by atoms with Crippen molar-refractivity contribution in [1.29, 1.82) is 0 Å². The number of aromatic nitrogens is 4. The van der Waals surface area contributed by atoms with Crippen LogP contribution in [0.15, 0.2) is 12.7 Å². The van der Waals surface area contributed by atoms with Gasteiger partial charge in [-0.2, -0.15) is 0 Å². The van der Waals surface area contributed by atoms with Crippen LogP contribution in [0.25, 0.3) is 11.2 Å². The number of rotatable bonds is 5. The number of nitrogens with one attached hydrogen (secondary N) is 1. The van der Waals surface area contributed by atoms with Crippen molar-refractivity contribution in [1.82, 2.24) is 29.7 Å². The number of likely N-dealkylation sites (N-methyl/N-ethyl adjacent to an activating group) is 1. The lowest BCUT2D eigenvalue weighted by Gasteiger charge is -2.16. The molecular weight excluding hydrogens is 330 g/mol. The Morgan fingerprint density at radius 3 is 2.84 bits per heavy atom. The van der Waals surface area contributed by atoms with Crippen LogP contribution in [0, 0.1) is 0 Å². The number of imidazole rings is 1. The molecule has 4 atom stereocenters. The van der Waals surface area contributed by atoms with Gasteiger partial charge in [-0.25, -0.2) is 15.0 Å². The normalized spacial score (nSPS) is 26.4. The van der Waals surface area contributed by atoms with Crippen molar-refractivity contribution in [3.63, 3.8) is 0 Å². The topological polar surface area (TPSA) is 152 Å². The van der Waals surface area contributed by atoms with E-state index in [0.717, 1.165) is 0 Å². The summed E-state index contributed by atoms with van der Waals surface area (Å²) < 4.78 is 7.02. The van der Waals surface area contributed by atoms with Crippen LogP contribution in [0.3, 0.4) is 0 Å². The third-order valence-electron chi connectivity index (χ3n) is 4.02. The second kappa shape index (κ2) is 6.88. The van der Waals surface area contributed by atoms with Crippen molar-refractivity contribution >= 4 is 22.9 Å². The van der Waals surface area contributed by atoms with E-state index in [4.69, 9.17) is 10.5 Å². The maximum absolute atomic E-state index is 12.2. The Balaban J connectivity index is 1.77. The van der Waals surface area contributed by atoms with E-state index in [-0.39, 0.29) is 5.82 Å². The maximum Gasteiger partial charge on any atom is 0.252 e. The molecule has 1 fully saturated rings. The van der Waals surface area contributed by atoms with Crippen molar-refractivity contribution in [3.05, 3.63) is 12.7 Å². The highest BCUT2D eigenvalue weighted by atomic mass is 16.6. The molecule has 2 aromatic rings. The van der Waals surface area contributed by atoms with Crippen LogP contribution < -0.4 is 11.1 Å². The van der Waals surface area contributed by atoms with E-state index in [1.807, 2.05) is 19.0 Å². The molecule has 25 heavy (non-hydrogen) atoms. The van der Waals surface area contributed by atoms with Crippen molar-refractivity contribution in [2.75, 3.05) is 32.9 Å². The molecular formula is C14H21N7O4. The van der Waals surface area contributed by atoms with Gasteiger partial charge in [-0.15, -0.1) is 0 Å². The fourth-order valence-electron chi connectivity index (χ4n) is 2.67. The van der Waals surface area contributed by atoms with Gasteiger partial charge in [0.15, 0.2) is 23.8 Å². The van der Waals surface area contributed by atoms with Crippen LogP contribution in [0.4, 0.5) is 5.82 Å². The number of ether oxygens (including phenoxy) is 1. The lowest BCUT2D eigenvalue weighted by atomic mass is 10.1. The Bertz CT molecular complexity index is 765. The summed E-state index contributed by atoms with van der Waals surface area (Å²) in [7, 11) is 3.76. The number of nitrogens with two attached hydrogens (primary N) is 1. The molecule has 0 saturated carbocycles. The molecule has 11 heteroatoms. The van der Waals surface area contributed by atoms with Gasteiger partial charge >= 0.3 is 0 Å². The molecule has 0 bridgehead atoms. The fraction of sp³-hybridized carbons (Fsp3) is 0.571. The van der Waals surface area contributed by atoms with Gasteiger partial charge in [-0.1, -0.05) is 0 Å². The predicted molar refractivity (Wildman–Crippen MR) is 87.2 cm³/mol. The quantitative estimate of drug-likeness (QED) is 0.466. The van der Waals surface area contributed by atoms with Gasteiger partial charge in [0.2, 0.25) is 0 Å². The van der Waals surface area contributed by atoms with Crippen LogP contribution >= 0.6 is 0 Å². The Kier molecular flexibility index (Phi) is 4.81. The Morgan fingerprint density at radius 2 is 2.12 bits per heavy atom. The van der Waals surface area contributed by atoms with E-state index in [9.17, 15) is 15.0 Å². The largest absolute Gasteiger partial charge is 0.387 e. The standard InChI is InChI=1S/C14H21N7O4/c1-20(2)4-3-16-13(24)10-8(22)9(23)14(25-10)21-6-19-7-11(15)17-5-18-12(7)21/h5-6,8-10,14,22-23H,3-4H2,1-2H3,(H,16,24)(H2,15,17,18)/t8-,9+,10-,14+/m0/s1. The minimum absolute atomic E-state index is 0.190. The number of hydrogen-bond donors (Lipinski definition) is 4. The highest BCUT2D eigenvalue weighted by Gasteiger charge is 2.47. The molecule has 3 rings (SSSR count). The first-order chi connectivity index (χ1) is 11.9. The zero-order valence-corrected chi connectivity index (χ0v) is 13.9. The predicted octanol–water partition coefficient (Wildman–Crippen LogP) is -2.29. The first-order valence-electron chi connectivity index (χ1n) is 7.77. The van der Waals surface area contributed by atoms with E-state index < -0.39 is 30.4 Å². The third-order valence-corrected chi connectivity index (χ3v) is 4.02. The Hall–Kier alpha value is -2.34. The Labute approximate surface area is 143 Å². The monoisotopic (exact) mass is 351 g/mol. The summed E-state index contributed by atoms with van der Waals surface area (Å²) in [5.74, 6) is -0.302. The van der Waals surface area contributed by atoms with Crippen LogP contribution in [-0.4, -0.2) is 86.0 Å². The van der Waals surface area contributed by atoms with Gasteiger partial charge in [0.25, 0.3) is 5.91 Å². The summed E-state index contributed by atoms with van der Waals surface area (Å²) in [6, 6.07) is 0. The van der Waals surface area contributed by atoms with E-state index in [1.165, 1.54) is 17.2 Å². The highest BCUT2D eigenvalue weighted by molar-refractivity contribution is 5.82. The van der Waals surface area contributed by atoms with Gasteiger partial charge in [-0.3, -0.25) is 9.36 Å². The average molecular weight is 351 g/mol. The second-order valence-electron chi connectivity index (χ2n) is 6.11. The number of anilines is 1. The molecule has 0 aromatic carbocycles. The van der Waals surface area contributed by atoms with Crippen molar-refractivity contribution in [2.24, 2.45) is 0 Å². The molecule has 0 unspecified atom stereocenters. The molecule has 2 aromatic heterocycles. The minimum atomic E-state index is -1.37. The van der Waals surface area contributed by atoms with Crippen LogP contribution in [-0.2, 0) is 9.53 Å². The van der Waals surface area contributed by atoms with Gasteiger partial charge in [0.1, 0.15) is 24.1 Å². The first kappa shape index (κ1) is 17.5. The molecule has 1 aliphatic rings. The SMILES string of the molecule is CN(C)CCNC(=O)[C@H]1O[C@@H](n2cnc3c(N)ncnc32)[C@H](O)[C@@H]1O. The zero-order chi connectivity index (χ0) is 18.1. The molecule has 3 heterocycles. The first-order valence-corrected chi connectivity index (χ1v) is 7.77. The number of carbonyl (C=O) groups is 1. The maximum atomic E-state index is 12.2. The van der Waals surface area contributed by atoms with Crippen molar-refractivity contribution in [3.8, 4) is 0 Å². The molecule has 1 aliphatic heterocycles. The van der Waals surface area contributed by atoms with Gasteiger partial charge in [0, 0.05) is 13.1 Å². The van der Waals surface area contributed by atoms with E-state index in [2.05, 4.69) is 20.3 Å². The summed E-state index contributed by atoms with van der Waals surface area (Å²) in [5.41, 5.74) is 6.44. The van der Waals surface area contributed by atoms with E-state index >= 15 is 0 Å². The molecule has 1 amide bonds. The number of nitrogens with zero attached hydrogens (tertiary/aromatic N) is 5. The van der Waals surface area contributed by atoms with E-state index in [1.54, 1.807) is 0 Å². The van der Waals surface area contributed by atoms with E-state index in [0.29, 0.717) is 24.3 Å². The molecule has 0 radical (unpaired) electrons. The summed E-state index contributed by atoms with van der Waals surface area (Å²) in [4.78, 5) is 26.1. The van der Waals surface area contributed by atoms with Gasteiger partial charge in [0.05, 0.1) is 6.33 Å². The zero-order valence-electron chi connectivity index (χ0n) is 13.9. The minimum Gasteiger partial charge on any atom is -0.387 e. The number of amides is 1. The molecule has 5 N–H and O–H groups in total. The number of aliphatic hydroxyl groups is 2. The third kappa shape index (κ3) is 3.26. The van der Waals surface area contributed by atoms with Crippen LogP contribution in [0.1, 0.15) is 6.23 Å². The number of carbonyl (C=O) groups excluding carboxylic acids is 1. The summed E-state index contributed by atoms with van der Waals surface area (Å²) >= 11 is 0. The number of nitrogen functional groups attached to an aromatic ring is 1. The van der Waals surface area contributed by atoms with Crippen molar-refractivity contribution < 1.29 is 19.7 Å². The summed E-state index contributed by atoms with van der Waals surface area (Å²) in [5, 5.41) is 23.2. The summed E-state index contributed by atoms with van der Waals surface area (Å²) in [6.07, 6.45) is -2.27. The lowest BCUT2D eigenvalue weighted by molar-refractivity contribution is -0.137. The number of fused-ring (bicyclic) bond motifs is 1. The molecule has 0 spiro atoms. The second-order valence-corrected chi connectivity index (χ2v) is 6.11. The smallest absolute Gasteiger partial charge is 0.252 e. The number of aliphatic hydroxyl groups excluding tert-OH is 2. The molecule has 1 saturated heterocycles. The molecule has 0 aliphatic carbocycles. The Morgan fingerprint density at radius 1 is 1.36 bits per heavy atom. The summed E-state index contributed by atoms with van der Waals surface area (Å²) in [6.45, 7) is 1.04. The molecule has 11 nitrogen and oxygen atoms in total. The van der Waals surface area contributed by atoms with Crippen molar-refractivity contribution in [2.45, 2.75) is 24.5 Å². The van der Waals surface area contributed by atoms with Gasteiger partial charge in [-0.05, 0) is 14.1 Å². The fourth-order valence-corrected chi connectivity index (χ4v) is 2.67. The van der Waals surface area contributed by atoms with Crippen LogP contribution in [0.2, 0.25) is 0 Å². The highest BCUT2D eigenvalue weighted by Crippen LogP contribution is 2.31. The average Bonchev–Trinajstić information content (AvgIpc) is 3.10. The molecule has 136 valence electrons. The number of hydrogen-bond acceptors (Lipinski definition) is 9. The van der Waals surface area contributed by atoms with Gasteiger partial charge < -0.3 is 30.9 Å².